The van der Waals surface area contributed by atoms with Crippen molar-refractivity contribution in [2.75, 3.05) is 5.32 Å². The summed E-state index contributed by atoms with van der Waals surface area (Å²) in [5, 5.41) is 17.1. The van der Waals surface area contributed by atoms with Crippen LogP contribution in [-0.2, 0) is 6.54 Å². The van der Waals surface area contributed by atoms with Gasteiger partial charge in [0.15, 0.2) is 10.3 Å². The summed E-state index contributed by atoms with van der Waals surface area (Å²) >= 11 is 8.89. The van der Waals surface area contributed by atoms with Crippen LogP contribution in [-0.4, -0.2) is 24.8 Å². The van der Waals surface area contributed by atoms with E-state index in [9.17, 15) is 0 Å². The standard InChI is InChI=1S/C15H13ClN6S2/c1-8-3-4-10(13-21-22-9(2)19-20-15(22)24-13)5-12(8)17-6-11-7-18-14(16)23-11/h3-5,7,17H,6H2,1-2H3. The van der Waals surface area contributed by atoms with Gasteiger partial charge in [0.25, 0.3) is 0 Å². The molecule has 0 aliphatic rings. The number of nitrogens with zero attached hydrogens (tertiary/aromatic N) is 5. The van der Waals surface area contributed by atoms with Crippen molar-refractivity contribution in [3.63, 3.8) is 0 Å². The van der Waals surface area contributed by atoms with Gasteiger partial charge in [0.2, 0.25) is 4.96 Å². The molecule has 6 nitrogen and oxygen atoms in total. The molecule has 0 radical (unpaired) electrons. The highest BCUT2D eigenvalue weighted by Gasteiger charge is 2.12. The minimum atomic E-state index is 0.562. The highest BCUT2D eigenvalue weighted by atomic mass is 35.5. The van der Waals surface area contributed by atoms with Crippen molar-refractivity contribution in [2.45, 2.75) is 20.4 Å². The smallest absolute Gasteiger partial charge is 0.234 e. The maximum atomic E-state index is 5.88. The van der Waals surface area contributed by atoms with Gasteiger partial charge in [-0.2, -0.15) is 9.61 Å². The summed E-state index contributed by atoms with van der Waals surface area (Å²) in [4.78, 5) is 5.96. The maximum absolute atomic E-state index is 5.88. The number of rotatable bonds is 4. The molecular weight excluding hydrogens is 364 g/mol. The lowest BCUT2D eigenvalue weighted by Gasteiger charge is -2.09. The molecule has 0 bridgehead atoms. The number of nitrogens with one attached hydrogen (secondary N) is 1. The van der Waals surface area contributed by atoms with Gasteiger partial charge in [-0.3, -0.25) is 0 Å². The molecule has 0 aliphatic heterocycles. The Morgan fingerprint density at radius 1 is 1.21 bits per heavy atom. The first-order valence-electron chi connectivity index (χ1n) is 7.24. The summed E-state index contributed by atoms with van der Waals surface area (Å²) < 4.78 is 2.33. The predicted octanol–water partition coefficient (Wildman–Crippen LogP) is 4.19. The molecule has 0 atom stereocenters. The second-order valence-corrected chi connectivity index (χ2v) is 7.96. The van der Waals surface area contributed by atoms with Crippen LogP contribution in [0.5, 0.6) is 0 Å². The van der Waals surface area contributed by atoms with Gasteiger partial charge in [-0.15, -0.1) is 21.5 Å². The van der Waals surface area contributed by atoms with Crippen molar-refractivity contribution in [2.24, 2.45) is 0 Å². The first-order valence-corrected chi connectivity index (χ1v) is 9.25. The van der Waals surface area contributed by atoms with Crippen molar-refractivity contribution >= 4 is 44.9 Å². The van der Waals surface area contributed by atoms with Crippen LogP contribution in [0, 0.1) is 13.8 Å². The number of anilines is 1. The Hall–Kier alpha value is -2.03. The van der Waals surface area contributed by atoms with Crippen molar-refractivity contribution in [3.8, 4) is 10.6 Å². The summed E-state index contributed by atoms with van der Waals surface area (Å²) in [6, 6.07) is 6.27. The molecule has 0 fully saturated rings. The third kappa shape index (κ3) is 2.88. The zero-order valence-electron chi connectivity index (χ0n) is 12.9. The van der Waals surface area contributed by atoms with Gasteiger partial charge in [-0.25, -0.2) is 4.98 Å². The van der Waals surface area contributed by atoms with Crippen LogP contribution in [0.15, 0.2) is 24.4 Å². The number of fused-ring (bicyclic) bond motifs is 1. The lowest BCUT2D eigenvalue weighted by molar-refractivity contribution is 0.897. The van der Waals surface area contributed by atoms with E-state index >= 15 is 0 Å². The number of thiazole rings is 1. The van der Waals surface area contributed by atoms with Gasteiger partial charge in [-0.1, -0.05) is 35.1 Å². The normalized spacial score (nSPS) is 11.3. The largest absolute Gasteiger partial charge is 0.380 e. The van der Waals surface area contributed by atoms with Crippen LogP contribution < -0.4 is 5.32 Å². The lowest BCUT2D eigenvalue weighted by atomic mass is 10.1. The summed E-state index contributed by atoms with van der Waals surface area (Å²) in [5.41, 5.74) is 3.30. The summed E-state index contributed by atoms with van der Waals surface area (Å²) in [5.74, 6) is 0.792. The molecule has 4 rings (SSSR count). The third-order valence-corrected chi connectivity index (χ3v) is 5.67. The van der Waals surface area contributed by atoms with E-state index in [-0.39, 0.29) is 0 Å². The van der Waals surface area contributed by atoms with E-state index in [1.807, 2.05) is 6.92 Å². The Bertz CT molecular complexity index is 1020. The highest BCUT2D eigenvalue weighted by molar-refractivity contribution is 7.19. The predicted molar refractivity (Wildman–Crippen MR) is 98.0 cm³/mol. The van der Waals surface area contributed by atoms with Crippen molar-refractivity contribution in [3.05, 3.63) is 45.1 Å². The monoisotopic (exact) mass is 376 g/mol. The molecule has 0 spiro atoms. The number of benzene rings is 1. The molecule has 3 heterocycles. The Morgan fingerprint density at radius 2 is 2.08 bits per heavy atom. The van der Waals surface area contributed by atoms with E-state index in [0.29, 0.717) is 11.0 Å². The minimum Gasteiger partial charge on any atom is -0.380 e. The van der Waals surface area contributed by atoms with Crippen molar-refractivity contribution < 1.29 is 0 Å². The first kappa shape index (κ1) is 15.5. The molecule has 3 aromatic heterocycles. The van der Waals surface area contributed by atoms with E-state index in [4.69, 9.17) is 11.6 Å². The number of hydrogen-bond donors (Lipinski definition) is 1. The molecule has 0 aliphatic carbocycles. The van der Waals surface area contributed by atoms with Gasteiger partial charge < -0.3 is 5.32 Å². The lowest BCUT2D eigenvalue weighted by Crippen LogP contribution is -1.99. The molecule has 24 heavy (non-hydrogen) atoms. The zero-order chi connectivity index (χ0) is 16.7. The SMILES string of the molecule is Cc1ccc(-c2nn3c(C)nnc3s2)cc1NCc1cnc(Cl)s1. The molecule has 0 unspecified atom stereocenters. The van der Waals surface area contributed by atoms with Crippen LogP contribution in [0.3, 0.4) is 0 Å². The summed E-state index contributed by atoms with van der Waals surface area (Å²) in [6.45, 7) is 4.67. The Balaban J connectivity index is 1.62. The number of halogens is 1. The van der Waals surface area contributed by atoms with Crippen LogP contribution in [0.2, 0.25) is 4.47 Å². The highest BCUT2D eigenvalue weighted by Crippen LogP contribution is 2.29. The molecule has 0 saturated heterocycles. The fourth-order valence-corrected chi connectivity index (χ4v) is 4.12. The van der Waals surface area contributed by atoms with Gasteiger partial charge in [0.1, 0.15) is 5.01 Å². The molecule has 4 aromatic rings. The number of aromatic nitrogens is 5. The van der Waals surface area contributed by atoms with Crippen LogP contribution in [0.1, 0.15) is 16.3 Å². The van der Waals surface area contributed by atoms with Crippen LogP contribution in [0.25, 0.3) is 15.5 Å². The molecule has 122 valence electrons. The molecule has 0 amide bonds. The van der Waals surface area contributed by atoms with E-state index in [1.165, 1.54) is 28.2 Å². The molecular formula is C15H13ClN6S2. The summed E-state index contributed by atoms with van der Waals surface area (Å²) in [6.07, 6.45) is 1.80. The molecule has 1 N–H and O–H groups in total. The second-order valence-electron chi connectivity index (χ2n) is 5.31. The second kappa shape index (κ2) is 6.12. The fraction of sp³-hybridized carbons (Fsp3) is 0.200. The number of hydrogen-bond acceptors (Lipinski definition) is 7. The van der Waals surface area contributed by atoms with Gasteiger partial charge in [-0.05, 0) is 25.5 Å². The Morgan fingerprint density at radius 3 is 2.83 bits per heavy atom. The molecule has 1 aromatic carbocycles. The average Bonchev–Trinajstić information content (AvgIpc) is 3.25. The number of aryl methyl sites for hydroxylation is 2. The quantitative estimate of drug-likeness (QED) is 0.578. The van der Waals surface area contributed by atoms with Gasteiger partial charge >= 0.3 is 0 Å². The van der Waals surface area contributed by atoms with Crippen molar-refractivity contribution in [1.29, 1.82) is 0 Å². The molecule has 9 heteroatoms. The van der Waals surface area contributed by atoms with E-state index < -0.39 is 0 Å². The zero-order valence-corrected chi connectivity index (χ0v) is 15.3. The average molecular weight is 377 g/mol. The van der Waals surface area contributed by atoms with Gasteiger partial charge in [0.05, 0.1) is 6.54 Å². The Kier molecular flexibility index (Phi) is 3.95. The van der Waals surface area contributed by atoms with E-state index in [1.54, 1.807) is 10.7 Å². The van der Waals surface area contributed by atoms with Crippen LogP contribution >= 0.6 is 34.3 Å². The maximum Gasteiger partial charge on any atom is 0.234 e. The van der Waals surface area contributed by atoms with E-state index in [2.05, 4.69) is 50.7 Å². The topological polar surface area (TPSA) is 68.0 Å². The summed E-state index contributed by atoms with van der Waals surface area (Å²) in [7, 11) is 0. The Labute approximate surface area is 151 Å². The third-order valence-electron chi connectivity index (χ3n) is 3.61. The van der Waals surface area contributed by atoms with E-state index in [0.717, 1.165) is 31.9 Å². The fourth-order valence-electron chi connectivity index (χ4n) is 2.32. The first-order chi connectivity index (χ1) is 11.6. The molecule has 0 saturated carbocycles. The van der Waals surface area contributed by atoms with Gasteiger partial charge in [0, 0.05) is 22.3 Å². The van der Waals surface area contributed by atoms with Crippen LogP contribution in [0.4, 0.5) is 5.69 Å². The minimum absolute atomic E-state index is 0.562. The van der Waals surface area contributed by atoms with Crippen molar-refractivity contribution in [1.82, 2.24) is 24.8 Å².